The van der Waals surface area contributed by atoms with Gasteiger partial charge in [0.15, 0.2) is 0 Å². The number of rotatable bonds is 4. The van der Waals surface area contributed by atoms with E-state index < -0.39 is 40.1 Å². The molecule has 1 amide bonds. The molecule has 2 bridgehead atoms. The molecule has 1 fully saturated rings. The number of fused-ring (bicyclic) bond motifs is 2. The van der Waals surface area contributed by atoms with E-state index in [1.807, 2.05) is 12.2 Å². The average molecular weight is 320 g/mol. The van der Waals surface area contributed by atoms with E-state index >= 15 is 0 Å². The molecule has 2 aliphatic rings. The summed E-state index contributed by atoms with van der Waals surface area (Å²) in [7, 11) is 0. The molecular weight excluding hydrogens is 307 g/mol. The third kappa shape index (κ3) is 2.56. The highest BCUT2D eigenvalue weighted by atomic mass is 19.1. The lowest BCUT2D eigenvalue weighted by Gasteiger charge is -2.23. The van der Waals surface area contributed by atoms with Crippen LogP contribution in [0, 0.1) is 39.6 Å². The van der Waals surface area contributed by atoms with Crippen LogP contribution in [-0.4, -0.2) is 21.9 Å². The van der Waals surface area contributed by atoms with Crippen LogP contribution in [0.15, 0.2) is 30.4 Å². The van der Waals surface area contributed by atoms with E-state index in [4.69, 9.17) is 0 Å². The summed E-state index contributed by atoms with van der Waals surface area (Å²) >= 11 is 0. The average Bonchev–Trinajstić information content (AvgIpc) is 3.09. The van der Waals surface area contributed by atoms with Crippen LogP contribution in [-0.2, 0) is 9.59 Å². The van der Waals surface area contributed by atoms with Gasteiger partial charge >= 0.3 is 11.7 Å². The number of carboxylic acid groups (broad SMARTS) is 1. The Hall–Kier alpha value is -2.77. The van der Waals surface area contributed by atoms with Gasteiger partial charge < -0.3 is 10.4 Å². The Balaban J connectivity index is 1.82. The lowest BCUT2D eigenvalue weighted by molar-refractivity contribution is -0.387. The topological polar surface area (TPSA) is 110 Å². The number of nitro benzene ring substituents is 1. The second kappa shape index (κ2) is 5.45. The van der Waals surface area contributed by atoms with Gasteiger partial charge in [-0.05, 0) is 30.4 Å². The van der Waals surface area contributed by atoms with Crippen LogP contribution in [0.1, 0.15) is 6.42 Å². The molecule has 2 N–H and O–H groups in total. The van der Waals surface area contributed by atoms with Crippen molar-refractivity contribution in [3.05, 3.63) is 46.3 Å². The number of nitro groups is 1. The number of carboxylic acids is 1. The fourth-order valence-corrected chi connectivity index (χ4v) is 3.47. The predicted octanol–water partition coefficient (Wildman–Crippen LogP) is 2.20. The second-order valence-corrected chi connectivity index (χ2v) is 5.75. The largest absolute Gasteiger partial charge is 0.481 e. The molecular formula is C15H13FN2O5. The zero-order valence-corrected chi connectivity index (χ0v) is 11.8. The maximum atomic E-state index is 13.3. The van der Waals surface area contributed by atoms with Crippen LogP contribution >= 0.6 is 0 Å². The van der Waals surface area contributed by atoms with Crippen molar-refractivity contribution in [2.24, 2.45) is 23.7 Å². The van der Waals surface area contributed by atoms with Crippen molar-refractivity contribution in [3.63, 3.8) is 0 Å². The summed E-state index contributed by atoms with van der Waals surface area (Å²) in [6.07, 6.45) is 4.26. The first-order chi connectivity index (χ1) is 10.9. The molecule has 0 radical (unpaired) electrons. The summed E-state index contributed by atoms with van der Waals surface area (Å²) in [6.45, 7) is 0. The summed E-state index contributed by atoms with van der Waals surface area (Å²) in [5, 5.41) is 22.5. The first-order valence-corrected chi connectivity index (χ1v) is 7.04. The van der Waals surface area contributed by atoms with Gasteiger partial charge in [0, 0.05) is 11.8 Å². The summed E-state index contributed by atoms with van der Waals surface area (Å²) in [6, 6.07) is 3.02. The van der Waals surface area contributed by atoms with Gasteiger partial charge in [0.05, 0.1) is 16.8 Å². The van der Waals surface area contributed by atoms with Crippen molar-refractivity contribution in [1.29, 1.82) is 0 Å². The molecule has 0 aromatic heterocycles. The molecule has 23 heavy (non-hydrogen) atoms. The normalized spacial score (nSPS) is 27.9. The fraction of sp³-hybridized carbons (Fsp3) is 0.333. The van der Waals surface area contributed by atoms with Crippen molar-refractivity contribution in [1.82, 2.24) is 0 Å². The SMILES string of the molecule is O=C(O)[C@@H]1[C@H](C(=O)Nc2ccc(F)c([N+](=O)[O-])c2)[C@H]2C=C[C@H]1C2. The highest BCUT2D eigenvalue weighted by Crippen LogP contribution is 2.48. The third-order valence-electron chi connectivity index (χ3n) is 4.46. The number of anilines is 1. The van der Waals surface area contributed by atoms with E-state index in [9.17, 15) is 29.2 Å². The molecule has 120 valence electrons. The van der Waals surface area contributed by atoms with E-state index in [1.165, 1.54) is 6.07 Å². The summed E-state index contributed by atoms with van der Waals surface area (Å²) < 4.78 is 13.3. The van der Waals surface area contributed by atoms with Gasteiger partial charge in [-0.1, -0.05) is 12.2 Å². The first-order valence-electron chi connectivity index (χ1n) is 7.04. The highest BCUT2D eigenvalue weighted by Gasteiger charge is 2.51. The molecule has 1 saturated carbocycles. The van der Waals surface area contributed by atoms with Crippen LogP contribution in [0.5, 0.6) is 0 Å². The maximum Gasteiger partial charge on any atom is 0.307 e. The molecule has 4 atom stereocenters. The van der Waals surface area contributed by atoms with Gasteiger partial charge in [0.25, 0.3) is 0 Å². The van der Waals surface area contributed by atoms with Crippen LogP contribution in [0.3, 0.4) is 0 Å². The van der Waals surface area contributed by atoms with E-state index in [1.54, 1.807) is 0 Å². The minimum Gasteiger partial charge on any atom is -0.481 e. The van der Waals surface area contributed by atoms with Crippen LogP contribution in [0.2, 0.25) is 0 Å². The molecule has 0 saturated heterocycles. The molecule has 0 unspecified atom stereocenters. The molecule has 8 heteroatoms. The Bertz CT molecular complexity index is 733. The van der Waals surface area contributed by atoms with Gasteiger partial charge in [0.2, 0.25) is 11.7 Å². The summed E-state index contributed by atoms with van der Waals surface area (Å²) in [4.78, 5) is 33.7. The number of amides is 1. The number of halogens is 1. The van der Waals surface area contributed by atoms with Crippen molar-refractivity contribution in [2.45, 2.75) is 6.42 Å². The monoisotopic (exact) mass is 320 g/mol. The van der Waals surface area contributed by atoms with Crippen molar-refractivity contribution >= 4 is 23.3 Å². The van der Waals surface area contributed by atoms with E-state index in [-0.39, 0.29) is 17.5 Å². The van der Waals surface area contributed by atoms with Gasteiger partial charge in [-0.15, -0.1) is 0 Å². The minimum absolute atomic E-state index is 0.0685. The quantitative estimate of drug-likeness (QED) is 0.502. The third-order valence-corrected chi connectivity index (χ3v) is 4.46. The van der Waals surface area contributed by atoms with Crippen molar-refractivity contribution < 1.29 is 24.0 Å². The van der Waals surface area contributed by atoms with Crippen molar-refractivity contribution in [2.75, 3.05) is 5.32 Å². The van der Waals surface area contributed by atoms with Crippen LogP contribution in [0.4, 0.5) is 15.8 Å². The molecule has 1 aromatic rings. The minimum atomic E-state index is -1.04. The number of aliphatic carboxylic acids is 1. The summed E-state index contributed by atoms with van der Waals surface area (Å²) in [5.41, 5.74) is -0.676. The second-order valence-electron chi connectivity index (χ2n) is 5.75. The summed E-state index contributed by atoms with van der Waals surface area (Å²) in [5.74, 6) is -4.42. The lowest BCUT2D eigenvalue weighted by Crippen LogP contribution is -2.36. The Kier molecular flexibility index (Phi) is 3.59. The Morgan fingerprint density at radius 3 is 2.52 bits per heavy atom. The highest BCUT2D eigenvalue weighted by molar-refractivity contribution is 5.96. The number of carbonyl (C=O) groups excluding carboxylic acids is 1. The number of carbonyl (C=O) groups is 2. The number of hydrogen-bond acceptors (Lipinski definition) is 4. The van der Waals surface area contributed by atoms with Gasteiger partial charge in [-0.25, -0.2) is 0 Å². The zero-order chi connectivity index (χ0) is 16.7. The van der Waals surface area contributed by atoms with E-state index in [0.717, 1.165) is 12.1 Å². The molecule has 2 aliphatic carbocycles. The lowest BCUT2D eigenvalue weighted by atomic mass is 9.82. The van der Waals surface area contributed by atoms with E-state index in [0.29, 0.717) is 6.42 Å². The smallest absolute Gasteiger partial charge is 0.307 e. The molecule has 0 aliphatic heterocycles. The molecule has 0 heterocycles. The number of nitrogens with one attached hydrogen (secondary N) is 1. The number of nitrogens with zero attached hydrogens (tertiary/aromatic N) is 1. The van der Waals surface area contributed by atoms with Gasteiger partial charge in [-0.2, -0.15) is 4.39 Å². The van der Waals surface area contributed by atoms with Crippen LogP contribution in [0.25, 0.3) is 0 Å². The van der Waals surface area contributed by atoms with Crippen LogP contribution < -0.4 is 5.32 Å². The van der Waals surface area contributed by atoms with Gasteiger partial charge in [-0.3, -0.25) is 19.7 Å². The van der Waals surface area contributed by atoms with Crippen molar-refractivity contribution in [3.8, 4) is 0 Å². The first kappa shape index (κ1) is 15.1. The number of benzene rings is 1. The van der Waals surface area contributed by atoms with Gasteiger partial charge in [0.1, 0.15) is 0 Å². The Morgan fingerprint density at radius 2 is 1.91 bits per heavy atom. The molecule has 0 spiro atoms. The predicted molar refractivity (Wildman–Crippen MR) is 77.0 cm³/mol. The Morgan fingerprint density at radius 1 is 1.26 bits per heavy atom. The van der Waals surface area contributed by atoms with E-state index in [2.05, 4.69) is 5.32 Å². The maximum absolute atomic E-state index is 13.3. The molecule has 1 aromatic carbocycles. The molecule has 7 nitrogen and oxygen atoms in total. The zero-order valence-electron chi connectivity index (χ0n) is 11.8. The standard InChI is InChI=1S/C15H13FN2O5/c16-10-4-3-9(6-11(10)18(22)23)17-14(19)12-7-1-2-8(5-7)13(12)15(20)21/h1-4,6-8,12-13H,5H2,(H,17,19)(H,20,21)/t7-,8-,12+,13-/m0/s1. The number of allylic oxidation sites excluding steroid dienone is 2. The molecule has 3 rings (SSSR count). The fourth-order valence-electron chi connectivity index (χ4n) is 3.47. The number of hydrogen-bond donors (Lipinski definition) is 2. The Labute approximate surface area is 130 Å².